The molecule has 0 saturated carbocycles. The minimum absolute atomic E-state index is 0.174. The Bertz CT molecular complexity index is 408. The molecule has 98 valence electrons. The summed E-state index contributed by atoms with van der Waals surface area (Å²) in [5, 5.41) is 18.8. The fraction of sp³-hybridized carbons (Fsp3) is 0.462. The van der Waals surface area contributed by atoms with Crippen LogP contribution in [0, 0.1) is 0 Å². The fourth-order valence-electron chi connectivity index (χ4n) is 1.98. The van der Waals surface area contributed by atoms with Crippen molar-refractivity contribution in [3.63, 3.8) is 0 Å². The summed E-state index contributed by atoms with van der Waals surface area (Å²) in [6.07, 6.45) is -1.70. The van der Waals surface area contributed by atoms with Gasteiger partial charge in [0.15, 0.2) is 0 Å². The van der Waals surface area contributed by atoms with Crippen LogP contribution < -0.4 is 4.74 Å². The van der Waals surface area contributed by atoms with Crippen molar-refractivity contribution in [1.82, 2.24) is 4.90 Å². The van der Waals surface area contributed by atoms with Gasteiger partial charge in [0, 0.05) is 18.7 Å². The summed E-state index contributed by atoms with van der Waals surface area (Å²) in [5.74, 6) is 0.532. The first-order valence-electron chi connectivity index (χ1n) is 6.00. The zero-order valence-electron chi connectivity index (χ0n) is 10.2. The number of benzene rings is 1. The summed E-state index contributed by atoms with van der Waals surface area (Å²) in [6, 6.07) is 6.84. The average molecular weight is 251 g/mol. The highest BCUT2D eigenvalue weighted by atomic mass is 16.5. The molecule has 0 aliphatic carbocycles. The van der Waals surface area contributed by atoms with Gasteiger partial charge < -0.3 is 19.8 Å². The molecule has 0 bridgehead atoms. The number of rotatable bonds is 3. The molecule has 5 heteroatoms. The lowest BCUT2D eigenvalue weighted by Crippen LogP contribution is -2.29. The van der Waals surface area contributed by atoms with E-state index in [1.54, 1.807) is 24.3 Å². The van der Waals surface area contributed by atoms with E-state index in [2.05, 4.69) is 0 Å². The second-order valence-electron chi connectivity index (χ2n) is 4.30. The fourth-order valence-corrected chi connectivity index (χ4v) is 1.98. The van der Waals surface area contributed by atoms with Gasteiger partial charge in [-0.1, -0.05) is 0 Å². The molecule has 1 aromatic rings. The Hall–Kier alpha value is -1.59. The van der Waals surface area contributed by atoms with E-state index < -0.39 is 12.2 Å². The van der Waals surface area contributed by atoms with Gasteiger partial charge in [-0.15, -0.1) is 0 Å². The number of β-amino-alcohol motifs (C(OH)–C–C–N with tert-alkyl or cyclic N) is 2. The molecule has 2 N–H and O–H groups in total. The Morgan fingerprint density at radius 1 is 1.28 bits per heavy atom. The molecule has 5 nitrogen and oxygen atoms in total. The maximum Gasteiger partial charge on any atom is 0.254 e. The number of aliphatic hydroxyl groups is 2. The zero-order chi connectivity index (χ0) is 13.1. The molecule has 0 aromatic heterocycles. The third kappa shape index (κ3) is 2.63. The number of carbonyl (C=O) groups excluding carboxylic acids is 1. The lowest BCUT2D eigenvalue weighted by molar-refractivity contribution is 0.0572. The molecule has 0 spiro atoms. The molecule has 1 aliphatic heterocycles. The molecule has 1 aromatic carbocycles. The van der Waals surface area contributed by atoms with Gasteiger partial charge >= 0.3 is 0 Å². The Morgan fingerprint density at radius 3 is 2.33 bits per heavy atom. The van der Waals surface area contributed by atoms with Crippen molar-refractivity contribution in [3.05, 3.63) is 29.8 Å². The smallest absolute Gasteiger partial charge is 0.254 e. The van der Waals surface area contributed by atoms with E-state index in [0.717, 1.165) is 5.75 Å². The average Bonchev–Trinajstić information content (AvgIpc) is 2.70. The maximum atomic E-state index is 12.1. The molecule has 1 saturated heterocycles. The number of hydrogen-bond donors (Lipinski definition) is 2. The van der Waals surface area contributed by atoms with Crippen LogP contribution in [0.15, 0.2) is 24.3 Å². The van der Waals surface area contributed by atoms with Gasteiger partial charge in [0.1, 0.15) is 5.75 Å². The van der Waals surface area contributed by atoms with Crippen LogP contribution in [-0.4, -0.2) is 52.9 Å². The second kappa shape index (κ2) is 5.37. The van der Waals surface area contributed by atoms with Gasteiger partial charge in [-0.05, 0) is 31.2 Å². The van der Waals surface area contributed by atoms with Crippen LogP contribution in [0.1, 0.15) is 17.3 Å². The van der Waals surface area contributed by atoms with Crippen LogP contribution in [0.25, 0.3) is 0 Å². The Balaban J connectivity index is 2.05. The highest BCUT2D eigenvalue weighted by Gasteiger charge is 2.32. The van der Waals surface area contributed by atoms with Gasteiger partial charge in [-0.3, -0.25) is 4.79 Å². The first-order chi connectivity index (χ1) is 8.61. The van der Waals surface area contributed by atoms with Crippen LogP contribution in [0.5, 0.6) is 5.75 Å². The maximum absolute atomic E-state index is 12.1. The summed E-state index contributed by atoms with van der Waals surface area (Å²) < 4.78 is 5.30. The molecular weight excluding hydrogens is 234 g/mol. The minimum Gasteiger partial charge on any atom is -0.494 e. The van der Waals surface area contributed by atoms with E-state index >= 15 is 0 Å². The monoisotopic (exact) mass is 251 g/mol. The third-order valence-electron chi connectivity index (χ3n) is 2.96. The number of ether oxygens (including phenoxy) is 1. The lowest BCUT2D eigenvalue weighted by atomic mass is 10.2. The SMILES string of the molecule is CCOc1ccc(C(=O)N2C[C@@H](O)[C@@H](O)C2)cc1. The van der Waals surface area contributed by atoms with Crippen molar-refractivity contribution >= 4 is 5.91 Å². The van der Waals surface area contributed by atoms with E-state index in [9.17, 15) is 15.0 Å². The van der Waals surface area contributed by atoms with Crippen molar-refractivity contribution in [2.24, 2.45) is 0 Å². The first kappa shape index (κ1) is 12.9. The zero-order valence-corrected chi connectivity index (χ0v) is 10.2. The standard InChI is InChI=1S/C13H17NO4/c1-2-18-10-5-3-9(4-6-10)13(17)14-7-11(15)12(16)8-14/h3-6,11-12,15-16H,2,7-8H2,1H3/t11-,12+. The van der Waals surface area contributed by atoms with Gasteiger partial charge in [0.25, 0.3) is 5.91 Å². The molecule has 1 amide bonds. The Morgan fingerprint density at radius 2 is 1.83 bits per heavy atom. The molecule has 1 heterocycles. The number of hydrogen-bond acceptors (Lipinski definition) is 4. The summed E-state index contributed by atoms with van der Waals surface area (Å²) in [7, 11) is 0. The highest BCUT2D eigenvalue weighted by molar-refractivity contribution is 5.94. The number of carbonyl (C=O) groups is 1. The highest BCUT2D eigenvalue weighted by Crippen LogP contribution is 2.17. The van der Waals surface area contributed by atoms with E-state index in [1.165, 1.54) is 4.90 Å². The molecule has 0 unspecified atom stereocenters. The Kier molecular flexibility index (Phi) is 3.84. The van der Waals surface area contributed by atoms with E-state index in [-0.39, 0.29) is 19.0 Å². The van der Waals surface area contributed by atoms with Crippen molar-refractivity contribution in [1.29, 1.82) is 0 Å². The third-order valence-corrected chi connectivity index (χ3v) is 2.96. The van der Waals surface area contributed by atoms with E-state index in [1.807, 2.05) is 6.92 Å². The molecule has 0 radical (unpaired) electrons. The molecule has 18 heavy (non-hydrogen) atoms. The first-order valence-corrected chi connectivity index (χ1v) is 6.00. The van der Waals surface area contributed by atoms with Crippen LogP contribution in [-0.2, 0) is 0 Å². The van der Waals surface area contributed by atoms with Crippen molar-refractivity contribution in [2.45, 2.75) is 19.1 Å². The number of likely N-dealkylation sites (tertiary alicyclic amines) is 1. The largest absolute Gasteiger partial charge is 0.494 e. The van der Waals surface area contributed by atoms with Gasteiger partial charge in [0.2, 0.25) is 0 Å². The predicted octanol–water partition coefficient (Wildman–Crippen LogP) is 0.263. The summed E-state index contributed by atoms with van der Waals surface area (Å²) in [6.45, 7) is 2.82. The van der Waals surface area contributed by atoms with Gasteiger partial charge in [-0.25, -0.2) is 0 Å². The van der Waals surface area contributed by atoms with Crippen LogP contribution >= 0.6 is 0 Å². The molecule has 1 aliphatic rings. The number of nitrogens with zero attached hydrogens (tertiary/aromatic N) is 1. The molecule has 2 atom stereocenters. The van der Waals surface area contributed by atoms with Crippen LogP contribution in [0.4, 0.5) is 0 Å². The normalized spacial score (nSPS) is 23.2. The topological polar surface area (TPSA) is 70.0 Å². The van der Waals surface area contributed by atoms with Crippen LogP contribution in [0.3, 0.4) is 0 Å². The van der Waals surface area contributed by atoms with Gasteiger partial charge in [-0.2, -0.15) is 0 Å². The van der Waals surface area contributed by atoms with E-state index in [0.29, 0.717) is 12.2 Å². The number of amides is 1. The minimum atomic E-state index is -0.850. The van der Waals surface area contributed by atoms with Crippen molar-refractivity contribution in [3.8, 4) is 5.75 Å². The Labute approximate surface area is 106 Å². The predicted molar refractivity (Wildman–Crippen MR) is 65.5 cm³/mol. The van der Waals surface area contributed by atoms with Crippen LogP contribution in [0.2, 0.25) is 0 Å². The quantitative estimate of drug-likeness (QED) is 0.808. The molecule has 1 fully saturated rings. The van der Waals surface area contributed by atoms with Crippen molar-refractivity contribution in [2.75, 3.05) is 19.7 Å². The molecular formula is C13H17NO4. The second-order valence-corrected chi connectivity index (χ2v) is 4.30. The summed E-state index contributed by atoms with van der Waals surface area (Å²) in [4.78, 5) is 13.5. The lowest BCUT2D eigenvalue weighted by Gasteiger charge is -2.15. The summed E-state index contributed by atoms with van der Waals surface area (Å²) in [5.41, 5.74) is 0.528. The van der Waals surface area contributed by atoms with Gasteiger partial charge in [0.05, 0.1) is 18.8 Å². The summed E-state index contributed by atoms with van der Waals surface area (Å²) >= 11 is 0. The number of aliphatic hydroxyl groups excluding tert-OH is 2. The molecule has 2 rings (SSSR count). The van der Waals surface area contributed by atoms with Crippen molar-refractivity contribution < 1.29 is 19.7 Å². The van der Waals surface area contributed by atoms with E-state index in [4.69, 9.17) is 4.74 Å².